The summed E-state index contributed by atoms with van der Waals surface area (Å²) in [7, 11) is 2.23. The molecule has 0 spiro atoms. The van der Waals surface area contributed by atoms with Gasteiger partial charge in [0.2, 0.25) is 0 Å². The molecule has 2 fully saturated rings. The number of hydrogen-bond donors (Lipinski definition) is 2. The molecule has 2 N–H and O–H groups in total. The number of piperidine rings is 1. The first-order valence-corrected chi connectivity index (χ1v) is 7.37. The molecule has 20 heavy (non-hydrogen) atoms. The Labute approximate surface area is 119 Å². The van der Waals surface area contributed by atoms with Gasteiger partial charge in [-0.3, -0.25) is 0 Å². The molecule has 2 atom stereocenters. The largest absolute Gasteiger partial charge is 0.478 e. The van der Waals surface area contributed by atoms with E-state index in [-0.39, 0.29) is 0 Å². The fraction of sp³-hybridized carbons (Fsp3) is 0.562. The highest BCUT2D eigenvalue weighted by Gasteiger charge is 2.38. The zero-order valence-electron chi connectivity index (χ0n) is 12.1. The van der Waals surface area contributed by atoms with Crippen molar-refractivity contribution in [2.45, 2.75) is 50.7 Å². The minimum absolute atomic E-state index is 0.394. The Hall–Kier alpha value is -1.55. The summed E-state index contributed by atoms with van der Waals surface area (Å²) >= 11 is 0. The van der Waals surface area contributed by atoms with Crippen molar-refractivity contribution < 1.29 is 9.90 Å². The molecule has 4 nitrogen and oxygen atoms in total. The fourth-order valence-electron chi connectivity index (χ4n) is 3.77. The van der Waals surface area contributed by atoms with Crippen LogP contribution < -0.4 is 5.32 Å². The van der Waals surface area contributed by atoms with Gasteiger partial charge in [0.05, 0.1) is 5.56 Å². The molecule has 108 valence electrons. The Morgan fingerprint density at radius 1 is 1.30 bits per heavy atom. The average Bonchev–Trinajstić information content (AvgIpc) is 2.63. The van der Waals surface area contributed by atoms with E-state index in [0.717, 1.165) is 24.1 Å². The van der Waals surface area contributed by atoms with Crippen molar-refractivity contribution in [3.05, 3.63) is 29.3 Å². The standard InChI is InChI=1S/C16H22N2O2/c1-10-14(16(19)20)4-3-5-15(10)17-11-8-12-6-7-13(9-11)18(12)2/h3-5,11-13,17H,6-9H2,1-2H3,(H,19,20). The highest BCUT2D eigenvalue weighted by Crippen LogP contribution is 2.35. The Morgan fingerprint density at radius 2 is 1.95 bits per heavy atom. The molecule has 0 saturated carbocycles. The number of anilines is 1. The van der Waals surface area contributed by atoms with Gasteiger partial charge in [0.15, 0.2) is 0 Å². The number of benzene rings is 1. The van der Waals surface area contributed by atoms with Crippen LogP contribution in [0.15, 0.2) is 18.2 Å². The Morgan fingerprint density at radius 3 is 2.55 bits per heavy atom. The van der Waals surface area contributed by atoms with Crippen molar-refractivity contribution in [1.29, 1.82) is 0 Å². The first kappa shape index (κ1) is 13.4. The van der Waals surface area contributed by atoms with Crippen molar-refractivity contribution in [1.82, 2.24) is 4.90 Å². The molecule has 2 heterocycles. The maximum atomic E-state index is 11.2. The average molecular weight is 274 g/mol. The summed E-state index contributed by atoms with van der Waals surface area (Å²) in [5.41, 5.74) is 2.20. The third-order valence-electron chi connectivity index (χ3n) is 5.02. The summed E-state index contributed by atoms with van der Waals surface area (Å²) < 4.78 is 0. The van der Waals surface area contributed by atoms with Crippen LogP contribution >= 0.6 is 0 Å². The number of nitrogens with zero attached hydrogens (tertiary/aromatic N) is 1. The Bertz CT molecular complexity index is 515. The van der Waals surface area contributed by atoms with E-state index in [4.69, 9.17) is 0 Å². The number of fused-ring (bicyclic) bond motifs is 2. The molecule has 2 unspecified atom stereocenters. The second-order valence-electron chi connectivity index (χ2n) is 6.15. The van der Waals surface area contributed by atoms with Crippen LogP contribution in [0.5, 0.6) is 0 Å². The normalized spacial score (nSPS) is 29.4. The predicted molar refractivity (Wildman–Crippen MR) is 79.4 cm³/mol. The lowest BCUT2D eigenvalue weighted by molar-refractivity contribution is 0.0696. The number of nitrogens with one attached hydrogen (secondary N) is 1. The van der Waals surface area contributed by atoms with Gasteiger partial charge in [-0.1, -0.05) is 6.07 Å². The van der Waals surface area contributed by atoms with Gasteiger partial charge in [-0.2, -0.15) is 0 Å². The second kappa shape index (κ2) is 5.09. The number of hydrogen-bond acceptors (Lipinski definition) is 3. The van der Waals surface area contributed by atoms with Crippen LogP contribution in [0.4, 0.5) is 5.69 Å². The first-order valence-electron chi connectivity index (χ1n) is 7.37. The molecule has 2 aliphatic rings. The van der Waals surface area contributed by atoms with Crippen LogP contribution in [0.3, 0.4) is 0 Å². The predicted octanol–water partition coefficient (Wildman–Crippen LogP) is 2.73. The summed E-state index contributed by atoms with van der Waals surface area (Å²) in [6.07, 6.45) is 4.91. The van der Waals surface area contributed by atoms with Gasteiger partial charge in [-0.15, -0.1) is 0 Å². The topological polar surface area (TPSA) is 52.6 Å². The molecule has 0 aromatic heterocycles. The Balaban J connectivity index is 1.76. The van der Waals surface area contributed by atoms with E-state index in [2.05, 4.69) is 17.3 Å². The summed E-state index contributed by atoms with van der Waals surface area (Å²) in [4.78, 5) is 13.7. The van der Waals surface area contributed by atoms with Gasteiger partial charge in [-0.25, -0.2) is 4.79 Å². The summed E-state index contributed by atoms with van der Waals surface area (Å²) in [6.45, 7) is 1.88. The van der Waals surface area contributed by atoms with E-state index in [0.29, 0.717) is 23.7 Å². The smallest absolute Gasteiger partial charge is 0.336 e. The number of carbonyl (C=O) groups is 1. The monoisotopic (exact) mass is 274 g/mol. The molecule has 0 aliphatic carbocycles. The van der Waals surface area contributed by atoms with E-state index in [1.165, 1.54) is 12.8 Å². The highest BCUT2D eigenvalue weighted by atomic mass is 16.4. The van der Waals surface area contributed by atoms with Gasteiger partial charge in [0.25, 0.3) is 0 Å². The van der Waals surface area contributed by atoms with E-state index in [1.807, 2.05) is 19.1 Å². The second-order valence-corrected chi connectivity index (χ2v) is 6.15. The van der Waals surface area contributed by atoms with Gasteiger partial charge >= 0.3 is 5.97 Å². The third kappa shape index (κ3) is 2.29. The van der Waals surface area contributed by atoms with Gasteiger partial charge in [0, 0.05) is 23.8 Å². The van der Waals surface area contributed by atoms with Crippen LogP contribution in [-0.4, -0.2) is 41.1 Å². The Kier molecular flexibility index (Phi) is 3.42. The lowest BCUT2D eigenvalue weighted by atomic mass is 9.97. The lowest BCUT2D eigenvalue weighted by Crippen LogP contribution is -2.44. The van der Waals surface area contributed by atoms with Crippen LogP contribution in [0.1, 0.15) is 41.6 Å². The van der Waals surface area contributed by atoms with Crippen molar-refractivity contribution in [3.63, 3.8) is 0 Å². The molecule has 0 amide bonds. The minimum Gasteiger partial charge on any atom is -0.478 e. The maximum Gasteiger partial charge on any atom is 0.336 e. The van der Waals surface area contributed by atoms with Crippen molar-refractivity contribution >= 4 is 11.7 Å². The number of rotatable bonds is 3. The van der Waals surface area contributed by atoms with Crippen LogP contribution in [0.2, 0.25) is 0 Å². The quantitative estimate of drug-likeness (QED) is 0.890. The van der Waals surface area contributed by atoms with Crippen molar-refractivity contribution in [3.8, 4) is 0 Å². The molecule has 2 saturated heterocycles. The molecule has 2 aliphatic heterocycles. The molecule has 1 aromatic rings. The summed E-state index contributed by atoms with van der Waals surface area (Å²) in [5.74, 6) is -0.852. The number of carboxylic acid groups (broad SMARTS) is 1. The zero-order valence-corrected chi connectivity index (χ0v) is 12.1. The fourth-order valence-corrected chi connectivity index (χ4v) is 3.77. The number of carboxylic acids is 1. The van der Waals surface area contributed by atoms with Crippen molar-refractivity contribution in [2.75, 3.05) is 12.4 Å². The minimum atomic E-state index is -0.852. The van der Waals surface area contributed by atoms with Crippen molar-refractivity contribution in [2.24, 2.45) is 0 Å². The molecule has 0 radical (unpaired) electrons. The van der Waals surface area contributed by atoms with E-state index >= 15 is 0 Å². The highest BCUT2D eigenvalue weighted by molar-refractivity contribution is 5.91. The molecule has 3 rings (SSSR count). The van der Waals surface area contributed by atoms with Crippen LogP contribution in [0.25, 0.3) is 0 Å². The maximum absolute atomic E-state index is 11.2. The summed E-state index contributed by atoms with van der Waals surface area (Å²) in [6, 6.07) is 7.32. The molecule has 4 heteroatoms. The SMILES string of the molecule is Cc1c(NC2CC3CCC(C2)N3C)cccc1C(=O)O. The van der Waals surface area contributed by atoms with E-state index in [1.54, 1.807) is 6.07 Å². The first-order chi connectivity index (χ1) is 9.56. The molecule has 1 aromatic carbocycles. The van der Waals surface area contributed by atoms with E-state index in [9.17, 15) is 9.90 Å². The van der Waals surface area contributed by atoms with Gasteiger partial charge in [-0.05, 0) is 57.4 Å². The molecular weight excluding hydrogens is 252 g/mol. The van der Waals surface area contributed by atoms with Crippen LogP contribution in [-0.2, 0) is 0 Å². The third-order valence-corrected chi connectivity index (χ3v) is 5.02. The zero-order chi connectivity index (χ0) is 14.3. The van der Waals surface area contributed by atoms with Crippen LogP contribution in [0, 0.1) is 6.92 Å². The number of aromatic carboxylic acids is 1. The van der Waals surface area contributed by atoms with Gasteiger partial charge < -0.3 is 15.3 Å². The lowest BCUT2D eigenvalue weighted by Gasteiger charge is -2.37. The summed E-state index contributed by atoms with van der Waals surface area (Å²) in [5, 5.41) is 12.8. The van der Waals surface area contributed by atoms with Gasteiger partial charge in [0.1, 0.15) is 0 Å². The van der Waals surface area contributed by atoms with E-state index < -0.39 is 5.97 Å². The molecule has 2 bridgehead atoms. The molecular formula is C16H22N2O2.